The Bertz CT molecular complexity index is 475. The van der Waals surface area contributed by atoms with Gasteiger partial charge in [-0.05, 0) is 61.4 Å². The van der Waals surface area contributed by atoms with Crippen molar-refractivity contribution in [2.24, 2.45) is 27.4 Å². The third-order valence-electron chi connectivity index (χ3n) is 5.31. The van der Waals surface area contributed by atoms with Crippen molar-refractivity contribution in [1.29, 1.82) is 0 Å². The first-order valence-electron chi connectivity index (χ1n) is 10.5. The minimum atomic E-state index is -0.0617. The number of nitrogens with two attached hydrogens (primary N) is 1. The fourth-order valence-corrected chi connectivity index (χ4v) is 4.79. The number of carbonyl (C=O) groups is 1. The van der Waals surface area contributed by atoms with Crippen molar-refractivity contribution in [2.75, 3.05) is 20.1 Å². The quantitative estimate of drug-likeness (QED) is 0.483. The van der Waals surface area contributed by atoms with Crippen LogP contribution in [0.15, 0.2) is 0 Å². The summed E-state index contributed by atoms with van der Waals surface area (Å²) in [4.78, 5) is 12.6. The van der Waals surface area contributed by atoms with Gasteiger partial charge in [0.15, 0.2) is 0 Å². The summed E-state index contributed by atoms with van der Waals surface area (Å²) in [6.45, 7) is 23.6. The van der Waals surface area contributed by atoms with Gasteiger partial charge >= 0.3 is 0 Å². The van der Waals surface area contributed by atoms with E-state index in [4.69, 9.17) is 5.73 Å². The second kappa shape index (κ2) is 9.26. The van der Waals surface area contributed by atoms with Crippen LogP contribution in [0.3, 0.4) is 0 Å². The first kappa shape index (κ1) is 26.4. The molecule has 0 saturated heterocycles. The topological polar surface area (TPSA) is 67.2 Å². The van der Waals surface area contributed by atoms with E-state index >= 15 is 0 Å². The number of hydrogen-bond donors (Lipinski definition) is 3. The van der Waals surface area contributed by atoms with Crippen molar-refractivity contribution in [3.05, 3.63) is 0 Å². The summed E-state index contributed by atoms with van der Waals surface area (Å²) in [6, 6.07) is 0. The van der Waals surface area contributed by atoms with Crippen LogP contribution < -0.4 is 16.4 Å². The van der Waals surface area contributed by atoms with Crippen molar-refractivity contribution in [2.45, 2.75) is 100 Å². The zero-order valence-electron chi connectivity index (χ0n) is 20.2. The van der Waals surface area contributed by atoms with Gasteiger partial charge < -0.3 is 16.4 Å². The summed E-state index contributed by atoms with van der Waals surface area (Å²) < 4.78 is 0. The van der Waals surface area contributed by atoms with E-state index in [0.717, 1.165) is 19.3 Å². The molecular formula is C23H49N3O. The summed E-state index contributed by atoms with van der Waals surface area (Å²) in [5.74, 6) is 0.146. The summed E-state index contributed by atoms with van der Waals surface area (Å²) in [7, 11) is 2.03. The first-order chi connectivity index (χ1) is 11.8. The molecule has 0 aliphatic rings. The van der Waals surface area contributed by atoms with Gasteiger partial charge in [0.25, 0.3) is 0 Å². The molecule has 1 atom stereocenters. The zero-order chi connectivity index (χ0) is 21.7. The molecule has 1 unspecified atom stereocenters. The van der Waals surface area contributed by atoms with Gasteiger partial charge in [-0.2, -0.15) is 0 Å². The molecule has 27 heavy (non-hydrogen) atoms. The Hall–Kier alpha value is -0.610. The Morgan fingerprint density at radius 3 is 1.70 bits per heavy atom. The maximum atomic E-state index is 12.6. The fraction of sp³-hybridized carbons (Fsp3) is 0.957. The molecule has 0 aromatic heterocycles. The van der Waals surface area contributed by atoms with Crippen LogP contribution in [0.4, 0.5) is 0 Å². The lowest BCUT2D eigenvalue weighted by molar-refractivity contribution is -0.123. The van der Waals surface area contributed by atoms with Crippen LogP contribution in [0.1, 0.15) is 94.9 Å². The van der Waals surface area contributed by atoms with Gasteiger partial charge in [0.05, 0.1) is 0 Å². The monoisotopic (exact) mass is 383 g/mol. The lowest BCUT2D eigenvalue weighted by Crippen LogP contribution is -2.47. The molecule has 4 nitrogen and oxygen atoms in total. The SMILES string of the molecule is CNC(C)(CC(C)(C)C)CC(C)(C)CC(=O)NCC(C)(C)CC(C)(C)CN. The molecule has 0 aliphatic heterocycles. The number of carbonyl (C=O) groups excluding carboxylic acids is 1. The van der Waals surface area contributed by atoms with Crippen LogP contribution in [-0.4, -0.2) is 31.6 Å². The van der Waals surface area contributed by atoms with E-state index in [0.29, 0.717) is 19.5 Å². The van der Waals surface area contributed by atoms with Gasteiger partial charge in [0, 0.05) is 18.5 Å². The van der Waals surface area contributed by atoms with Gasteiger partial charge in [0.2, 0.25) is 5.91 Å². The third-order valence-corrected chi connectivity index (χ3v) is 5.31. The number of amides is 1. The summed E-state index contributed by atoms with van der Waals surface area (Å²) in [5.41, 5.74) is 6.21. The predicted molar refractivity (Wildman–Crippen MR) is 119 cm³/mol. The van der Waals surface area contributed by atoms with Crippen molar-refractivity contribution >= 4 is 5.91 Å². The average Bonchev–Trinajstić information content (AvgIpc) is 2.41. The molecule has 4 N–H and O–H groups in total. The summed E-state index contributed by atoms with van der Waals surface area (Å²) in [5, 5.41) is 6.69. The molecule has 0 radical (unpaired) electrons. The minimum Gasteiger partial charge on any atom is -0.356 e. The fourth-order valence-electron chi connectivity index (χ4n) is 4.79. The minimum absolute atomic E-state index is 0.0203. The largest absolute Gasteiger partial charge is 0.356 e. The Labute approximate surface area is 169 Å². The van der Waals surface area contributed by atoms with E-state index in [2.05, 4.69) is 79.9 Å². The maximum Gasteiger partial charge on any atom is 0.220 e. The highest BCUT2D eigenvalue weighted by molar-refractivity contribution is 5.76. The van der Waals surface area contributed by atoms with E-state index in [9.17, 15) is 4.79 Å². The van der Waals surface area contributed by atoms with Crippen LogP contribution >= 0.6 is 0 Å². The van der Waals surface area contributed by atoms with Crippen LogP contribution in [0, 0.1) is 21.7 Å². The second-order valence-corrected chi connectivity index (χ2v) is 12.6. The Balaban J connectivity index is 4.79. The van der Waals surface area contributed by atoms with Crippen molar-refractivity contribution in [3.63, 3.8) is 0 Å². The molecular weight excluding hydrogens is 334 g/mol. The second-order valence-electron chi connectivity index (χ2n) is 12.6. The van der Waals surface area contributed by atoms with E-state index in [1.807, 2.05) is 7.05 Å². The highest BCUT2D eigenvalue weighted by atomic mass is 16.1. The summed E-state index contributed by atoms with van der Waals surface area (Å²) in [6.07, 6.45) is 3.57. The normalized spacial score (nSPS) is 16.1. The smallest absolute Gasteiger partial charge is 0.220 e. The van der Waals surface area contributed by atoms with Crippen LogP contribution in [0.5, 0.6) is 0 Å². The van der Waals surface area contributed by atoms with E-state index in [1.54, 1.807) is 0 Å². The van der Waals surface area contributed by atoms with E-state index in [-0.39, 0.29) is 33.1 Å². The molecule has 0 rings (SSSR count). The maximum absolute atomic E-state index is 12.6. The van der Waals surface area contributed by atoms with Gasteiger partial charge in [-0.25, -0.2) is 0 Å². The number of rotatable bonds is 11. The van der Waals surface area contributed by atoms with Gasteiger partial charge in [0.1, 0.15) is 0 Å². The van der Waals surface area contributed by atoms with E-state index in [1.165, 1.54) is 0 Å². The molecule has 0 heterocycles. The number of hydrogen-bond acceptors (Lipinski definition) is 3. The number of nitrogens with one attached hydrogen (secondary N) is 2. The van der Waals surface area contributed by atoms with Gasteiger partial charge in [-0.3, -0.25) is 4.79 Å². The molecule has 0 bridgehead atoms. The van der Waals surface area contributed by atoms with Crippen LogP contribution in [0.2, 0.25) is 0 Å². The lowest BCUT2D eigenvalue weighted by atomic mass is 9.71. The van der Waals surface area contributed by atoms with Crippen molar-refractivity contribution in [1.82, 2.24) is 10.6 Å². The highest BCUT2D eigenvalue weighted by Gasteiger charge is 2.36. The Morgan fingerprint density at radius 1 is 0.778 bits per heavy atom. The summed E-state index contributed by atoms with van der Waals surface area (Å²) >= 11 is 0. The predicted octanol–water partition coefficient (Wildman–Crippen LogP) is 4.72. The van der Waals surface area contributed by atoms with Crippen molar-refractivity contribution < 1.29 is 4.79 Å². The zero-order valence-corrected chi connectivity index (χ0v) is 20.2. The standard InChI is InChI=1S/C23H49N3O/c1-19(2,3)13-23(10,25-11)15-20(4,5)12-18(27)26-17-22(8,9)14-21(6,7)16-24/h25H,12-17,24H2,1-11H3,(H,26,27). The molecule has 0 aromatic rings. The molecule has 1 amide bonds. The lowest BCUT2D eigenvalue weighted by Gasteiger charge is -2.41. The Kier molecular flexibility index (Phi) is 9.05. The third kappa shape index (κ3) is 11.7. The van der Waals surface area contributed by atoms with Crippen LogP contribution in [-0.2, 0) is 4.79 Å². The molecule has 0 aromatic carbocycles. The molecule has 0 fully saturated rings. The Morgan fingerprint density at radius 2 is 1.30 bits per heavy atom. The highest BCUT2D eigenvalue weighted by Crippen LogP contribution is 2.38. The van der Waals surface area contributed by atoms with Crippen LogP contribution in [0.25, 0.3) is 0 Å². The molecule has 0 saturated carbocycles. The molecule has 0 spiro atoms. The van der Waals surface area contributed by atoms with Crippen molar-refractivity contribution in [3.8, 4) is 0 Å². The average molecular weight is 384 g/mol. The molecule has 0 aliphatic carbocycles. The van der Waals surface area contributed by atoms with Gasteiger partial charge in [-0.15, -0.1) is 0 Å². The van der Waals surface area contributed by atoms with E-state index < -0.39 is 0 Å². The molecule has 4 heteroatoms. The van der Waals surface area contributed by atoms with Gasteiger partial charge in [-0.1, -0.05) is 62.3 Å². The first-order valence-corrected chi connectivity index (χ1v) is 10.5. The molecule has 162 valence electrons.